The molecular weight excluding hydrogens is 316 g/mol. The maximum absolute atomic E-state index is 11.8. The van der Waals surface area contributed by atoms with Gasteiger partial charge in [0, 0.05) is 6.54 Å². The summed E-state index contributed by atoms with van der Waals surface area (Å²) in [5, 5.41) is 5.46. The number of hydrogen-bond donors (Lipinski definition) is 2. The Morgan fingerprint density at radius 1 is 1.33 bits per heavy atom. The van der Waals surface area contributed by atoms with Gasteiger partial charge in [-0.2, -0.15) is 0 Å². The number of carbonyl (C=O) groups is 2. The van der Waals surface area contributed by atoms with E-state index >= 15 is 0 Å². The molecule has 1 aromatic heterocycles. The van der Waals surface area contributed by atoms with Crippen molar-refractivity contribution in [3.05, 3.63) is 20.8 Å². The minimum absolute atomic E-state index is 0.160. The molecule has 0 aliphatic heterocycles. The third kappa shape index (κ3) is 4.78. The highest BCUT2D eigenvalue weighted by Gasteiger charge is 2.17. The molecular formula is C12H17BrN2O2S. The van der Waals surface area contributed by atoms with Gasteiger partial charge in [-0.15, -0.1) is 11.3 Å². The third-order valence-electron chi connectivity index (χ3n) is 2.22. The molecule has 0 radical (unpaired) electrons. The molecule has 0 saturated carbocycles. The van der Waals surface area contributed by atoms with Gasteiger partial charge >= 0.3 is 0 Å². The van der Waals surface area contributed by atoms with Gasteiger partial charge in [-0.05, 0) is 40.9 Å². The van der Waals surface area contributed by atoms with Crippen LogP contribution in [0.1, 0.15) is 30.4 Å². The van der Waals surface area contributed by atoms with Crippen LogP contribution in [0.15, 0.2) is 15.9 Å². The highest BCUT2D eigenvalue weighted by molar-refractivity contribution is 9.11. The first-order chi connectivity index (χ1) is 8.40. The summed E-state index contributed by atoms with van der Waals surface area (Å²) in [5.41, 5.74) is 0. The third-order valence-corrected chi connectivity index (χ3v) is 3.84. The zero-order chi connectivity index (χ0) is 13.7. The van der Waals surface area contributed by atoms with Gasteiger partial charge in [0.05, 0.1) is 8.66 Å². The summed E-state index contributed by atoms with van der Waals surface area (Å²) in [4.78, 5) is 24.1. The van der Waals surface area contributed by atoms with Crippen molar-refractivity contribution in [2.45, 2.75) is 26.8 Å². The van der Waals surface area contributed by atoms with Crippen molar-refractivity contribution in [2.75, 3.05) is 6.54 Å². The molecule has 1 heterocycles. The predicted octanol–water partition coefficient (Wildman–Crippen LogP) is 2.40. The Balaban J connectivity index is 2.46. The van der Waals surface area contributed by atoms with Crippen molar-refractivity contribution in [1.82, 2.24) is 10.6 Å². The lowest BCUT2D eigenvalue weighted by molar-refractivity contribution is -0.122. The van der Waals surface area contributed by atoms with Crippen LogP contribution in [-0.4, -0.2) is 24.4 Å². The molecule has 0 spiro atoms. The van der Waals surface area contributed by atoms with Crippen LogP contribution in [0.3, 0.4) is 0 Å². The number of hydrogen-bond acceptors (Lipinski definition) is 3. The molecule has 1 rings (SSSR count). The van der Waals surface area contributed by atoms with Gasteiger partial charge in [-0.25, -0.2) is 0 Å². The molecule has 0 aliphatic rings. The van der Waals surface area contributed by atoms with Crippen molar-refractivity contribution < 1.29 is 9.59 Å². The number of carbonyl (C=O) groups excluding carboxylic acids is 2. The molecule has 0 saturated heterocycles. The number of rotatable bonds is 5. The summed E-state index contributed by atoms with van der Waals surface area (Å²) < 4.78 is 0.893. The van der Waals surface area contributed by atoms with E-state index in [9.17, 15) is 9.59 Å². The van der Waals surface area contributed by atoms with Crippen LogP contribution >= 0.6 is 27.3 Å². The summed E-state index contributed by atoms with van der Waals surface area (Å²) in [6.45, 7) is 6.33. The number of thiophene rings is 1. The standard InChI is InChI=1S/C12H17BrN2O2S/c1-7(2)6-14-11(16)8(3)15-12(17)9-4-5-10(13)18-9/h4-5,7-8H,6H2,1-3H3,(H,14,16)(H,15,17). The van der Waals surface area contributed by atoms with E-state index in [0.29, 0.717) is 17.3 Å². The molecule has 0 bridgehead atoms. The molecule has 1 aromatic rings. The van der Waals surface area contributed by atoms with E-state index in [1.54, 1.807) is 13.0 Å². The summed E-state index contributed by atoms with van der Waals surface area (Å²) in [7, 11) is 0. The van der Waals surface area contributed by atoms with Crippen LogP contribution in [-0.2, 0) is 4.79 Å². The quantitative estimate of drug-likeness (QED) is 0.869. The Hall–Kier alpha value is -0.880. The number of nitrogens with one attached hydrogen (secondary N) is 2. The van der Waals surface area contributed by atoms with Gasteiger partial charge < -0.3 is 10.6 Å². The van der Waals surface area contributed by atoms with E-state index < -0.39 is 6.04 Å². The summed E-state index contributed by atoms with van der Waals surface area (Å²) in [6, 6.07) is 3.00. The Morgan fingerprint density at radius 2 is 2.00 bits per heavy atom. The largest absolute Gasteiger partial charge is 0.354 e. The minimum atomic E-state index is -0.530. The average Bonchev–Trinajstić information content (AvgIpc) is 2.72. The number of halogens is 1. The lowest BCUT2D eigenvalue weighted by Crippen LogP contribution is -2.45. The zero-order valence-corrected chi connectivity index (χ0v) is 13.0. The van der Waals surface area contributed by atoms with Crippen molar-refractivity contribution in [2.24, 2.45) is 5.92 Å². The van der Waals surface area contributed by atoms with Crippen LogP contribution in [0.5, 0.6) is 0 Å². The van der Waals surface area contributed by atoms with Gasteiger partial charge in [-0.1, -0.05) is 13.8 Å². The molecule has 18 heavy (non-hydrogen) atoms. The Labute approximate surface area is 119 Å². The predicted molar refractivity (Wildman–Crippen MR) is 76.8 cm³/mol. The molecule has 100 valence electrons. The van der Waals surface area contributed by atoms with Gasteiger partial charge in [0.25, 0.3) is 5.91 Å². The van der Waals surface area contributed by atoms with E-state index in [-0.39, 0.29) is 11.8 Å². The van der Waals surface area contributed by atoms with Gasteiger partial charge in [-0.3, -0.25) is 9.59 Å². The first-order valence-corrected chi connectivity index (χ1v) is 7.35. The second kappa shape index (κ2) is 6.89. The molecule has 6 heteroatoms. The monoisotopic (exact) mass is 332 g/mol. The fourth-order valence-electron chi connectivity index (χ4n) is 1.23. The smallest absolute Gasteiger partial charge is 0.262 e. The fraction of sp³-hybridized carbons (Fsp3) is 0.500. The van der Waals surface area contributed by atoms with Gasteiger partial charge in [0.15, 0.2) is 0 Å². The highest BCUT2D eigenvalue weighted by Crippen LogP contribution is 2.21. The molecule has 0 aromatic carbocycles. The SMILES string of the molecule is CC(C)CNC(=O)C(C)NC(=O)c1ccc(Br)s1. The minimum Gasteiger partial charge on any atom is -0.354 e. The number of amides is 2. The first-order valence-electron chi connectivity index (χ1n) is 5.74. The zero-order valence-electron chi connectivity index (χ0n) is 10.6. The Bertz CT molecular complexity index is 431. The molecule has 2 amide bonds. The molecule has 0 aliphatic carbocycles. The first kappa shape index (κ1) is 15.2. The maximum Gasteiger partial charge on any atom is 0.262 e. The van der Waals surface area contributed by atoms with E-state index in [2.05, 4.69) is 26.6 Å². The van der Waals surface area contributed by atoms with Crippen molar-refractivity contribution in [3.63, 3.8) is 0 Å². The van der Waals surface area contributed by atoms with Crippen LogP contribution < -0.4 is 10.6 Å². The van der Waals surface area contributed by atoms with Gasteiger partial charge in [0.2, 0.25) is 5.91 Å². The van der Waals surface area contributed by atoms with E-state index in [1.165, 1.54) is 11.3 Å². The lowest BCUT2D eigenvalue weighted by Gasteiger charge is -2.14. The van der Waals surface area contributed by atoms with Crippen molar-refractivity contribution in [3.8, 4) is 0 Å². The highest BCUT2D eigenvalue weighted by atomic mass is 79.9. The molecule has 0 fully saturated rings. The maximum atomic E-state index is 11.8. The van der Waals surface area contributed by atoms with Crippen molar-refractivity contribution >= 4 is 39.1 Å². The Morgan fingerprint density at radius 3 is 2.50 bits per heavy atom. The van der Waals surface area contributed by atoms with Crippen LogP contribution in [0.25, 0.3) is 0 Å². The Kier molecular flexibility index (Phi) is 5.81. The van der Waals surface area contributed by atoms with Gasteiger partial charge in [0.1, 0.15) is 6.04 Å². The summed E-state index contributed by atoms with van der Waals surface area (Å²) >= 11 is 4.64. The molecule has 4 nitrogen and oxygen atoms in total. The topological polar surface area (TPSA) is 58.2 Å². The molecule has 2 N–H and O–H groups in total. The van der Waals surface area contributed by atoms with Crippen LogP contribution in [0.4, 0.5) is 0 Å². The second-order valence-electron chi connectivity index (χ2n) is 4.44. The normalized spacial score (nSPS) is 12.3. The van der Waals surface area contributed by atoms with Crippen LogP contribution in [0, 0.1) is 5.92 Å². The molecule has 1 unspecified atom stereocenters. The lowest BCUT2D eigenvalue weighted by atomic mass is 10.2. The van der Waals surface area contributed by atoms with E-state index in [1.807, 2.05) is 19.9 Å². The average molecular weight is 333 g/mol. The summed E-state index contributed by atoms with van der Waals surface area (Å²) in [6.07, 6.45) is 0. The fourth-order valence-corrected chi connectivity index (χ4v) is 2.52. The summed E-state index contributed by atoms with van der Waals surface area (Å²) in [5.74, 6) is 0.00988. The van der Waals surface area contributed by atoms with Crippen LogP contribution in [0.2, 0.25) is 0 Å². The van der Waals surface area contributed by atoms with E-state index in [4.69, 9.17) is 0 Å². The van der Waals surface area contributed by atoms with E-state index in [0.717, 1.165) is 3.79 Å². The van der Waals surface area contributed by atoms with Crippen molar-refractivity contribution in [1.29, 1.82) is 0 Å². The second-order valence-corrected chi connectivity index (χ2v) is 6.90. The molecule has 1 atom stereocenters.